The lowest BCUT2D eigenvalue weighted by atomic mass is 9.95. The molecule has 230 valence electrons. The number of methoxy groups -OCH3 is 2. The van der Waals surface area contributed by atoms with Crippen molar-refractivity contribution in [2.45, 2.75) is 62.6 Å². The molecule has 3 aromatic carbocycles. The van der Waals surface area contributed by atoms with E-state index in [9.17, 15) is 22.4 Å². The molecule has 0 saturated heterocycles. The van der Waals surface area contributed by atoms with Crippen LogP contribution in [0.3, 0.4) is 0 Å². The molecule has 43 heavy (non-hydrogen) atoms. The summed E-state index contributed by atoms with van der Waals surface area (Å²) in [6.07, 6.45) is 4.81. The van der Waals surface area contributed by atoms with Crippen molar-refractivity contribution in [3.63, 3.8) is 0 Å². The van der Waals surface area contributed by atoms with Gasteiger partial charge in [-0.05, 0) is 50.1 Å². The quantitative estimate of drug-likeness (QED) is 0.312. The van der Waals surface area contributed by atoms with Crippen LogP contribution >= 0.6 is 0 Å². The molecule has 1 aliphatic rings. The Morgan fingerprint density at radius 2 is 1.63 bits per heavy atom. The second-order valence-corrected chi connectivity index (χ2v) is 12.4. The van der Waals surface area contributed by atoms with Crippen LogP contribution in [0.15, 0.2) is 77.7 Å². The molecule has 0 bridgehead atoms. The molecule has 2 amide bonds. The predicted octanol–water partition coefficient (Wildman–Crippen LogP) is 4.90. The van der Waals surface area contributed by atoms with Crippen LogP contribution in [-0.2, 0) is 26.2 Å². The van der Waals surface area contributed by atoms with E-state index in [0.29, 0.717) is 5.75 Å². The van der Waals surface area contributed by atoms with Crippen LogP contribution in [-0.4, -0.2) is 58.0 Å². The van der Waals surface area contributed by atoms with Crippen molar-refractivity contribution in [2.75, 3.05) is 25.1 Å². The molecule has 1 N–H and O–H groups in total. The van der Waals surface area contributed by atoms with E-state index in [0.717, 1.165) is 36.4 Å². The number of hydrogen-bond acceptors (Lipinski definition) is 6. The molecule has 1 unspecified atom stereocenters. The summed E-state index contributed by atoms with van der Waals surface area (Å²) in [4.78, 5) is 28.8. The topological polar surface area (TPSA) is 105 Å². The molecule has 4 rings (SSSR count). The Kier molecular flexibility index (Phi) is 10.6. The fourth-order valence-electron chi connectivity index (χ4n) is 5.19. The number of rotatable bonds is 12. The van der Waals surface area contributed by atoms with Gasteiger partial charge in [0.05, 0.1) is 24.8 Å². The first kappa shape index (κ1) is 31.8. The zero-order valence-electron chi connectivity index (χ0n) is 24.7. The number of amides is 2. The molecule has 0 radical (unpaired) electrons. The first-order chi connectivity index (χ1) is 20.6. The average Bonchev–Trinajstić information content (AvgIpc) is 3.03. The van der Waals surface area contributed by atoms with Gasteiger partial charge in [-0.1, -0.05) is 55.7 Å². The number of sulfonamides is 1. The van der Waals surface area contributed by atoms with Crippen molar-refractivity contribution in [1.29, 1.82) is 0 Å². The molecular weight excluding hydrogens is 573 g/mol. The van der Waals surface area contributed by atoms with Gasteiger partial charge in [-0.25, -0.2) is 12.8 Å². The molecule has 1 fully saturated rings. The highest BCUT2D eigenvalue weighted by Crippen LogP contribution is 2.36. The Bertz CT molecular complexity index is 1510. The van der Waals surface area contributed by atoms with Gasteiger partial charge in [-0.2, -0.15) is 0 Å². The summed E-state index contributed by atoms with van der Waals surface area (Å²) in [6, 6.07) is 17.3. The fraction of sp³-hybridized carbons (Fsp3) is 0.375. The van der Waals surface area contributed by atoms with Gasteiger partial charge in [0.2, 0.25) is 11.8 Å². The molecule has 3 aromatic rings. The predicted molar refractivity (Wildman–Crippen MR) is 162 cm³/mol. The number of anilines is 1. The second-order valence-electron chi connectivity index (χ2n) is 10.5. The third kappa shape index (κ3) is 7.64. The van der Waals surface area contributed by atoms with E-state index in [4.69, 9.17) is 9.47 Å². The number of benzene rings is 3. The normalized spacial score (nSPS) is 14.4. The van der Waals surface area contributed by atoms with Crippen LogP contribution in [0.5, 0.6) is 11.5 Å². The lowest BCUT2D eigenvalue weighted by Crippen LogP contribution is -2.53. The van der Waals surface area contributed by atoms with Crippen LogP contribution in [0.1, 0.15) is 44.6 Å². The van der Waals surface area contributed by atoms with Gasteiger partial charge in [0.25, 0.3) is 10.0 Å². The van der Waals surface area contributed by atoms with Gasteiger partial charge >= 0.3 is 0 Å². The maximum atomic E-state index is 14.8. The first-order valence-electron chi connectivity index (χ1n) is 14.3. The van der Waals surface area contributed by atoms with Crippen LogP contribution in [0, 0.1) is 5.82 Å². The van der Waals surface area contributed by atoms with Crippen molar-refractivity contribution < 1.29 is 31.9 Å². The largest absolute Gasteiger partial charge is 0.497 e. The molecule has 1 saturated carbocycles. The highest BCUT2D eigenvalue weighted by atomic mass is 32.2. The monoisotopic (exact) mass is 611 g/mol. The Morgan fingerprint density at radius 1 is 0.953 bits per heavy atom. The van der Waals surface area contributed by atoms with E-state index in [2.05, 4.69) is 5.32 Å². The molecule has 0 spiro atoms. The number of carbonyl (C=O) groups is 2. The number of hydrogen-bond donors (Lipinski definition) is 1. The third-order valence-electron chi connectivity index (χ3n) is 7.68. The zero-order valence-corrected chi connectivity index (χ0v) is 25.5. The van der Waals surface area contributed by atoms with Crippen molar-refractivity contribution in [1.82, 2.24) is 10.2 Å². The minimum atomic E-state index is -4.31. The standard InChI is InChI=1S/C32H38FN3O6S/c1-23(32(38)34-25-13-6-4-7-14-25)35(21-24-12-10-11-17-28(24)33)31(37)22-36(43(39,40)27-15-8-5-9-16-27)29-20-26(41-2)18-19-30(29)42-3/h5,8-12,15-20,23,25H,4,6-7,13-14,21-22H2,1-3H3,(H,34,38). The molecular formula is C32H38FN3O6S. The summed E-state index contributed by atoms with van der Waals surface area (Å²) in [6.45, 7) is 0.647. The third-order valence-corrected chi connectivity index (χ3v) is 9.46. The fourth-order valence-corrected chi connectivity index (χ4v) is 6.62. The summed E-state index contributed by atoms with van der Waals surface area (Å²) in [5, 5.41) is 3.03. The van der Waals surface area contributed by atoms with E-state index in [1.165, 1.54) is 55.5 Å². The van der Waals surface area contributed by atoms with E-state index in [-0.39, 0.29) is 40.4 Å². The van der Waals surface area contributed by atoms with Crippen molar-refractivity contribution in [3.8, 4) is 11.5 Å². The lowest BCUT2D eigenvalue weighted by molar-refractivity contribution is -0.139. The minimum absolute atomic E-state index is 0.00915. The smallest absolute Gasteiger partial charge is 0.264 e. The summed E-state index contributed by atoms with van der Waals surface area (Å²) < 4.78 is 54.7. The number of nitrogens with one attached hydrogen (secondary N) is 1. The minimum Gasteiger partial charge on any atom is -0.497 e. The number of nitrogens with zero attached hydrogens (tertiary/aromatic N) is 2. The molecule has 1 atom stereocenters. The molecule has 0 aromatic heterocycles. The van der Waals surface area contributed by atoms with Gasteiger partial charge in [-0.3, -0.25) is 13.9 Å². The molecule has 11 heteroatoms. The maximum Gasteiger partial charge on any atom is 0.264 e. The van der Waals surface area contributed by atoms with E-state index >= 15 is 0 Å². The summed E-state index contributed by atoms with van der Waals surface area (Å²) in [5.74, 6) is -1.08. The maximum absolute atomic E-state index is 14.8. The Labute approximate surface area is 252 Å². The van der Waals surface area contributed by atoms with Crippen molar-refractivity contribution in [2.24, 2.45) is 0 Å². The summed E-state index contributed by atoms with van der Waals surface area (Å²) in [7, 11) is -1.48. The van der Waals surface area contributed by atoms with Gasteiger partial charge in [0, 0.05) is 24.2 Å². The Hall–Kier alpha value is -4.12. The zero-order chi connectivity index (χ0) is 31.0. The molecule has 0 aliphatic heterocycles. The Balaban J connectivity index is 1.74. The van der Waals surface area contributed by atoms with Crippen LogP contribution in [0.2, 0.25) is 0 Å². The van der Waals surface area contributed by atoms with E-state index in [1.807, 2.05) is 0 Å². The lowest BCUT2D eigenvalue weighted by Gasteiger charge is -2.33. The van der Waals surface area contributed by atoms with E-state index < -0.39 is 34.3 Å². The van der Waals surface area contributed by atoms with Crippen molar-refractivity contribution in [3.05, 3.63) is 84.2 Å². The van der Waals surface area contributed by atoms with Crippen LogP contribution < -0.4 is 19.1 Å². The average molecular weight is 612 g/mol. The van der Waals surface area contributed by atoms with Crippen molar-refractivity contribution >= 4 is 27.5 Å². The summed E-state index contributed by atoms with van der Waals surface area (Å²) >= 11 is 0. The number of ether oxygens (including phenoxy) is 2. The Morgan fingerprint density at radius 3 is 2.28 bits per heavy atom. The highest BCUT2D eigenvalue weighted by Gasteiger charge is 2.35. The van der Waals surface area contributed by atoms with Crippen LogP contribution in [0.4, 0.5) is 10.1 Å². The van der Waals surface area contributed by atoms with Gasteiger partial charge < -0.3 is 19.7 Å². The molecule has 1 aliphatic carbocycles. The molecule has 0 heterocycles. The SMILES string of the molecule is COc1ccc(OC)c(N(CC(=O)N(Cc2ccccc2F)C(C)C(=O)NC2CCCCC2)S(=O)(=O)c2ccccc2)c1. The first-order valence-corrected chi connectivity index (χ1v) is 15.7. The number of halogens is 1. The van der Waals surface area contributed by atoms with Gasteiger partial charge in [0.1, 0.15) is 29.9 Å². The van der Waals surface area contributed by atoms with Crippen LogP contribution in [0.25, 0.3) is 0 Å². The number of carbonyl (C=O) groups excluding carboxylic acids is 2. The van der Waals surface area contributed by atoms with Gasteiger partial charge in [0.15, 0.2) is 0 Å². The second kappa shape index (κ2) is 14.4. The highest BCUT2D eigenvalue weighted by molar-refractivity contribution is 7.92. The summed E-state index contributed by atoms with van der Waals surface area (Å²) in [5.41, 5.74) is 0.272. The molecule has 9 nitrogen and oxygen atoms in total. The van der Waals surface area contributed by atoms with Gasteiger partial charge in [-0.15, -0.1) is 0 Å². The van der Waals surface area contributed by atoms with E-state index in [1.54, 1.807) is 43.3 Å².